The van der Waals surface area contributed by atoms with Gasteiger partial charge >= 0.3 is 11.9 Å². The van der Waals surface area contributed by atoms with Crippen molar-refractivity contribution < 1.29 is 28.2 Å². The molecule has 0 aliphatic heterocycles. The molecule has 0 radical (unpaired) electrons. The van der Waals surface area contributed by atoms with Gasteiger partial charge in [0, 0.05) is 24.6 Å². The molecule has 1 heterocycles. The number of aryl methyl sites for hydroxylation is 1. The molecule has 24 heavy (non-hydrogen) atoms. The Morgan fingerprint density at radius 2 is 1.96 bits per heavy atom. The number of ether oxygens (including phenoxy) is 3. The Morgan fingerprint density at radius 1 is 1.25 bits per heavy atom. The molecule has 0 amide bonds. The van der Waals surface area contributed by atoms with Gasteiger partial charge in [0.15, 0.2) is 5.43 Å². The molecular weight excluding hydrogens is 316 g/mol. The smallest absolute Gasteiger partial charge is 0.310 e. The van der Waals surface area contributed by atoms with Crippen LogP contribution in [0.15, 0.2) is 21.3 Å². The van der Waals surface area contributed by atoms with E-state index in [1.807, 2.05) is 0 Å². The van der Waals surface area contributed by atoms with Gasteiger partial charge in [-0.2, -0.15) is 0 Å². The van der Waals surface area contributed by atoms with E-state index in [9.17, 15) is 14.4 Å². The van der Waals surface area contributed by atoms with E-state index in [-0.39, 0.29) is 46.5 Å². The third-order valence-electron chi connectivity index (χ3n) is 3.34. The van der Waals surface area contributed by atoms with E-state index in [4.69, 9.17) is 18.6 Å². The molecule has 0 saturated carbocycles. The summed E-state index contributed by atoms with van der Waals surface area (Å²) in [7, 11) is 1.39. The largest absolute Gasteiger partial charge is 0.496 e. The monoisotopic (exact) mass is 334 g/mol. The molecule has 1 aromatic carbocycles. The first-order chi connectivity index (χ1) is 11.4. The Labute approximate surface area is 138 Å². The van der Waals surface area contributed by atoms with Gasteiger partial charge in [0.25, 0.3) is 0 Å². The first kappa shape index (κ1) is 17.5. The van der Waals surface area contributed by atoms with Gasteiger partial charge in [-0.15, -0.1) is 0 Å². The van der Waals surface area contributed by atoms with Crippen LogP contribution in [-0.2, 0) is 20.7 Å². The van der Waals surface area contributed by atoms with Crippen molar-refractivity contribution in [2.24, 2.45) is 0 Å². The zero-order chi connectivity index (χ0) is 17.9. The fourth-order valence-corrected chi connectivity index (χ4v) is 2.35. The summed E-state index contributed by atoms with van der Waals surface area (Å²) < 4.78 is 20.7. The van der Waals surface area contributed by atoms with Gasteiger partial charge in [-0.3, -0.25) is 14.4 Å². The molecule has 7 nitrogen and oxygen atoms in total. The molecule has 0 N–H and O–H groups in total. The molecular formula is C17H18O7. The normalized spacial score (nSPS) is 10.5. The number of rotatable bonds is 5. The highest BCUT2D eigenvalue weighted by atomic mass is 16.5. The summed E-state index contributed by atoms with van der Waals surface area (Å²) in [6, 6.07) is 2.85. The van der Waals surface area contributed by atoms with Crippen molar-refractivity contribution in [1.29, 1.82) is 0 Å². The number of hydrogen-bond acceptors (Lipinski definition) is 7. The number of fused-ring (bicyclic) bond motifs is 1. The Balaban J connectivity index is 2.63. The molecule has 128 valence electrons. The van der Waals surface area contributed by atoms with Crippen LogP contribution < -0.4 is 14.9 Å². The van der Waals surface area contributed by atoms with E-state index in [2.05, 4.69) is 0 Å². The van der Waals surface area contributed by atoms with Crippen molar-refractivity contribution in [2.75, 3.05) is 13.7 Å². The minimum Gasteiger partial charge on any atom is -0.496 e. The summed E-state index contributed by atoms with van der Waals surface area (Å²) >= 11 is 0. The molecule has 0 aliphatic rings. The molecule has 0 bridgehead atoms. The average molecular weight is 334 g/mol. The highest BCUT2D eigenvalue weighted by Crippen LogP contribution is 2.30. The zero-order valence-electron chi connectivity index (χ0n) is 13.9. The highest BCUT2D eigenvalue weighted by Gasteiger charge is 2.19. The first-order valence-electron chi connectivity index (χ1n) is 7.35. The number of benzene rings is 1. The number of hydrogen-bond donors (Lipinski definition) is 0. The predicted octanol–water partition coefficient (Wildman–Crippen LogP) is 2.14. The van der Waals surface area contributed by atoms with E-state index in [0.29, 0.717) is 5.76 Å². The molecule has 0 aliphatic carbocycles. The number of carbonyl (C=O) groups excluding carboxylic acids is 2. The molecule has 0 atom stereocenters. The third-order valence-corrected chi connectivity index (χ3v) is 3.34. The Bertz CT molecular complexity index is 848. The van der Waals surface area contributed by atoms with Crippen LogP contribution in [0.3, 0.4) is 0 Å². The molecule has 0 saturated heterocycles. The minimum atomic E-state index is -0.511. The second kappa shape index (κ2) is 7.16. The fourth-order valence-electron chi connectivity index (χ4n) is 2.35. The van der Waals surface area contributed by atoms with E-state index in [1.54, 1.807) is 13.8 Å². The molecule has 1 aromatic heterocycles. The van der Waals surface area contributed by atoms with Gasteiger partial charge in [-0.05, 0) is 13.8 Å². The van der Waals surface area contributed by atoms with Crippen LogP contribution in [0, 0.1) is 6.92 Å². The van der Waals surface area contributed by atoms with Crippen molar-refractivity contribution in [3.63, 3.8) is 0 Å². The number of carbonyl (C=O) groups is 2. The lowest BCUT2D eigenvalue weighted by atomic mass is 10.1. The summed E-state index contributed by atoms with van der Waals surface area (Å²) in [5.41, 5.74) is 0.0354. The SMILES string of the molecule is CCOC(=O)Cc1c(C)oc2cc(OC(C)=O)cc(OC)c2c1=O. The summed E-state index contributed by atoms with van der Waals surface area (Å²) in [5, 5.41) is 0.179. The van der Waals surface area contributed by atoms with Crippen LogP contribution in [0.1, 0.15) is 25.2 Å². The van der Waals surface area contributed by atoms with E-state index in [1.165, 1.54) is 26.2 Å². The lowest BCUT2D eigenvalue weighted by molar-refractivity contribution is -0.142. The van der Waals surface area contributed by atoms with Crippen LogP contribution in [0.5, 0.6) is 11.5 Å². The van der Waals surface area contributed by atoms with Crippen LogP contribution in [0.25, 0.3) is 11.0 Å². The molecule has 2 aromatic rings. The lowest BCUT2D eigenvalue weighted by Crippen LogP contribution is -2.18. The average Bonchev–Trinajstić information content (AvgIpc) is 2.50. The summed E-state index contributed by atoms with van der Waals surface area (Å²) in [5.74, 6) is -0.324. The fraction of sp³-hybridized carbons (Fsp3) is 0.353. The number of esters is 2. The van der Waals surface area contributed by atoms with E-state index in [0.717, 1.165) is 0 Å². The van der Waals surface area contributed by atoms with E-state index >= 15 is 0 Å². The molecule has 0 unspecified atom stereocenters. The van der Waals surface area contributed by atoms with Gasteiger partial charge in [-0.1, -0.05) is 0 Å². The Kier molecular flexibility index (Phi) is 5.23. The van der Waals surface area contributed by atoms with Gasteiger partial charge in [-0.25, -0.2) is 0 Å². The van der Waals surface area contributed by atoms with E-state index < -0.39 is 11.9 Å². The topological polar surface area (TPSA) is 92.0 Å². The standard InChI is InChI=1S/C17H18O7/c1-5-22-15(19)8-12-9(2)23-14-7-11(24-10(3)18)6-13(21-4)16(14)17(12)20/h6-7H,5,8H2,1-4H3. The highest BCUT2D eigenvalue weighted by molar-refractivity contribution is 5.87. The maximum absolute atomic E-state index is 12.7. The maximum Gasteiger partial charge on any atom is 0.310 e. The van der Waals surface area contributed by atoms with Crippen molar-refractivity contribution in [3.8, 4) is 11.5 Å². The second-order valence-corrected chi connectivity index (χ2v) is 5.04. The van der Waals surface area contributed by atoms with Crippen molar-refractivity contribution >= 4 is 22.9 Å². The Morgan fingerprint density at radius 3 is 2.54 bits per heavy atom. The molecule has 0 fully saturated rings. The maximum atomic E-state index is 12.7. The van der Waals surface area contributed by atoms with Gasteiger partial charge in [0.1, 0.15) is 28.2 Å². The van der Waals surface area contributed by atoms with Gasteiger partial charge in [0.05, 0.1) is 20.1 Å². The van der Waals surface area contributed by atoms with Crippen molar-refractivity contribution in [2.45, 2.75) is 27.2 Å². The minimum absolute atomic E-state index is 0.179. The first-order valence-corrected chi connectivity index (χ1v) is 7.35. The van der Waals surface area contributed by atoms with Crippen LogP contribution >= 0.6 is 0 Å². The Hall–Kier alpha value is -2.83. The molecule has 2 rings (SSSR count). The van der Waals surface area contributed by atoms with Crippen LogP contribution in [0.2, 0.25) is 0 Å². The zero-order valence-corrected chi connectivity index (χ0v) is 13.9. The summed E-state index contributed by atoms with van der Waals surface area (Å²) in [4.78, 5) is 35.6. The van der Waals surface area contributed by atoms with Crippen molar-refractivity contribution in [1.82, 2.24) is 0 Å². The van der Waals surface area contributed by atoms with Gasteiger partial charge in [0.2, 0.25) is 0 Å². The summed E-state index contributed by atoms with van der Waals surface area (Å²) in [6.45, 7) is 4.76. The van der Waals surface area contributed by atoms with Gasteiger partial charge < -0.3 is 18.6 Å². The lowest BCUT2D eigenvalue weighted by Gasteiger charge is -2.11. The number of methoxy groups -OCH3 is 1. The van der Waals surface area contributed by atoms with Crippen molar-refractivity contribution in [3.05, 3.63) is 33.7 Å². The van der Waals surface area contributed by atoms with Crippen LogP contribution in [0.4, 0.5) is 0 Å². The second-order valence-electron chi connectivity index (χ2n) is 5.04. The van der Waals surface area contributed by atoms with Crippen LogP contribution in [-0.4, -0.2) is 25.7 Å². The summed E-state index contributed by atoms with van der Waals surface area (Å²) in [6.07, 6.45) is -0.188. The third kappa shape index (κ3) is 3.56. The molecule has 0 spiro atoms. The quantitative estimate of drug-likeness (QED) is 0.611. The predicted molar refractivity (Wildman–Crippen MR) is 85.4 cm³/mol. The molecule has 7 heteroatoms.